The Morgan fingerprint density at radius 3 is 2.78 bits per heavy atom. The SMILES string of the molecule is CCOCc1cc(C(=O)O[C@@H](C)C(=O)Nc2sccc2C#N)ccc1OC. The molecule has 1 atom stereocenters. The highest BCUT2D eigenvalue weighted by atomic mass is 32.1. The third-order valence-corrected chi connectivity index (χ3v) is 4.48. The highest BCUT2D eigenvalue weighted by Gasteiger charge is 2.21. The number of hydrogen-bond donors (Lipinski definition) is 1. The first-order valence-corrected chi connectivity index (χ1v) is 9.12. The molecule has 2 rings (SSSR count). The number of amides is 1. The lowest BCUT2D eigenvalue weighted by Gasteiger charge is -2.14. The van der Waals surface area contributed by atoms with Gasteiger partial charge in [0.2, 0.25) is 0 Å². The normalized spacial score (nSPS) is 11.3. The molecule has 8 heteroatoms. The Morgan fingerprint density at radius 2 is 2.11 bits per heavy atom. The van der Waals surface area contributed by atoms with Crippen LogP contribution in [0.2, 0.25) is 0 Å². The Morgan fingerprint density at radius 1 is 1.33 bits per heavy atom. The molecule has 1 aromatic heterocycles. The van der Waals surface area contributed by atoms with Gasteiger partial charge in [-0.2, -0.15) is 5.26 Å². The average molecular weight is 388 g/mol. The summed E-state index contributed by atoms with van der Waals surface area (Å²) < 4.78 is 15.9. The average Bonchev–Trinajstić information content (AvgIpc) is 3.12. The van der Waals surface area contributed by atoms with Crippen molar-refractivity contribution in [3.8, 4) is 11.8 Å². The second-order valence-electron chi connectivity index (χ2n) is 5.48. The molecule has 1 heterocycles. The molecule has 1 amide bonds. The van der Waals surface area contributed by atoms with E-state index in [1.54, 1.807) is 29.6 Å². The molecule has 0 fully saturated rings. The summed E-state index contributed by atoms with van der Waals surface area (Å²) in [6, 6.07) is 8.43. The van der Waals surface area contributed by atoms with Crippen molar-refractivity contribution >= 4 is 28.2 Å². The fourth-order valence-electron chi connectivity index (χ4n) is 2.22. The summed E-state index contributed by atoms with van der Waals surface area (Å²) in [7, 11) is 1.54. The summed E-state index contributed by atoms with van der Waals surface area (Å²) >= 11 is 1.23. The number of anilines is 1. The predicted molar refractivity (Wildman–Crippen MR) is 101 cm³/mol. The van der Waals surface area contributed by atoms with Crippen molar-refractivity contribution in [1.29, 1.82) is 5.26 Å². The van der Waals surface area contributed by atoms with Crippen LogP contribution < -0.4 is 10.1 Å². The Kier molecular flexibility index (Phi) is 7.34. The molecule has 1 N–H and O–H groups in total. The molecule has 0 radical (unpaired) electrons. The number of rotatable bonds is 8. The van der Waals surface area contributed by atoms with Gasteiger partial charge in [0, 0.05) is 12.2 Å². The van der Waals surface area contributed by atoms with Crippen molar-refractivity contribution in [3.05, 3.63) is 46.3 Å². The topological polar surface area (TPSA) is 97.6 Å². The smallest absolute Gasteiger partial charge is 0.338 e. The highest BCUT2D eigenvalue weighted by Crippen LogP contribution is 2.23. The van der Waals surface area contributed by atoms with E-state index in [0.717, 1.165) is 0 Å². The van der Waals surface area contributed by atoms with Crippen LogP contribution in [0.1, 0.15) is 35.3 Å². The van der Waals surface area contributed by atoms with Crippen LogP contribution in [0.3, 0.4) is 0 Å². The monoisotopic (exact) mass is 388 g/mol. The van der Waals surface area contributed by atoms with Gasteiger partial charge < -0.3 is 19.5 Å². The molecule has 2 aromatic rings. The number of ether oxygens (including phenoxy) is 3. The van der Waals surface area contributed by atoms with E-state index in [-0.39, 0.29) is 0 Å². The second kappa shape index (κ2) is 9.71. The molecular formula is C19H20N2O5S. The van der Waals surface area contributed by atoms with Crippen LogP contribution >= 0.6 is 11.3 Å². The quantitative estimate of drug-likeness (QED) is 0.697. The third kappa shape index (κ3) is 5.29. The number of nitrogens with one attached hydrogen (secondary N) is 1. The number of methoxy groups -OCH3 is 1. The number of hydrogen-bond acceptors (Lipinski definition) is 7. The van der Waals surface area contributed by atoms with E-state index in [4.69, 9.17) is 19.5 Å². The van der Waals surface area contributed by atoms with Gasteiger partial charge in [-0.25, -0.2) is 4.79 Å². The fourth-order valence-corrected chi connectivity index (χ4v) is 2.96. The van der Waals surface area contributed by atoms with Crippen molar-refractivity contribution in [2.75, 3.05) is 19.0 Å². The van der Waals surface area contributed by atoms with Crippen LogP contribution in [0.5, 0.6) is 5.75 Å². The first kappa shape index (κ1) is 20.4. The number of nitriles is 1. The number of thiophene rings is 1. The van der Waals surface area contributed by atoms with Crippen LogP contribution in [0.15, 0.2) is 29.6 Å². The van der Waals surface area contributed by atoms with Crippen LogP contribution in [0, 0.1) is 11.3 Å². The van der Waals surface area contributed by atoms with E-state index in [9.17, 15) is 9.59 Å². The molecule has 1 aromatic carbocycles. The minimum Gasteiger partial charge on any atom is -0.496 e. The molecule has 0 spiro atoms. The summed E-state index contributed by atoms with van der Waals surface area (Å²) in [6.07, 6.45) is -1.02. The van der Waals surface area contributed by atoms with Gasteiger partial charge >= 0.3 is 5.97 Å². The van der Waals surface area contributed by atoms with Crippen molar-refractivity contribution in [2.45, 2.75) is 26.6 Å². The molecule has 7 nitrogen and oxygen atoms in total. The Hall–Kier alpha value is -2.89. The molecule has 27 heavy (non-hydrogen) atoms. The van der Waals surface area contributed by atoms with E-state index in [1.807, 2.05) is 13.0 Å². The van der Waals surface area contributed by atoms with E-state index in [0.29, 0.717) is 40.7 Å². The molecule has 142 valence electrons. The standard InChI is InChI=1S/C19H20N2O5S/c1-4-25-11-15-9-13(5-6-16(15)24-3)19(23)26-12(2)17(22)21-18-14(10-20)7-8-27-18/h5-9,12H,4,11H2,1-3H3,(H,21,22)/t12-/m0/s1. The van der Waals surface area contributed by atoms with Crippen molar-refractivity contribution in [1.82, 2.24) is 0 Å². The maximum atomic E-state index is 12.4. The molecule has 0 aliphatic heterocycles. The number of benzene rings is 1. The summed E-state index contributed by atoms with van der Waals surface area (Å²) in [5.41, 5.74) is 1.37. The molecule has 0 saturated heterocycles. The first-order valence-electron chi connectivity index (χ1n) is 8.24. The zero-order chi connectivity index (χ0) is 19.8. The maximum Gasteiger partial charge on any atom is 0.338 e. The summed E-state index contributed by atoms with van der Waals surface area (Å²) in [6.45, 7) is 4.17. The molecule has 0 saturated carbocycles. The molecule has 0 aliphatic rings. The largest absolute Gasteiger partial charge is 0.496 e. The van der Waals surface area contributed by atoms with Crippen molar-refractivity contribution in [2.24, 2.45) is 0 Å². The maximum absolute atomic E-state index is 12.4. The lowest BCUT2D eigenvalue weighted by Crippen LogP contribution is -2.30. The zero-order valence-corrected chi connectivity index (χ0v) is 16.1. The fraction of sp³-hybridized carbons (Fsp3) is 0.316. The molecule has 0 bridgehead atoms. The second-order valence-corrected chi connectivity index (χ2v) is 6.39. The molecular weight excluding hydrogens is 368 g/mol. The number of carbonyl (C=O) groups is 2. The zero-order valence-electron chi connectivity index (χ0n) is 15.3. The minimum atomic E-state index is -1.02. The van der Waals surface area contributed by atoms with Crippen molar-refractivity contribution in [3.63, 3.8) is 0 Å². The van der Waals surface area contributed by atoms with Crippen LogP contribution in [-0.2, 0) is 20.9 Å². The number of esters is 1. The van der Waals surface area contributed by atoms with Gasteiger partial charge in [-0.05, 0) is 43.5 Å². The Labute approximate surface area is 161 Å². The van der Waals surface area contributed by atoms with Crippen LogP contribution in [-0.4, -0.2) is 31.7 Å². The van der Waals surface area contributed by atoms with Crippen LogP contribution in [0.4, 0.5) is 5.00 Å². The van der Waals surface area contributed by atoms with E-state index in [1.165, 1.54) is 25.4 Å². The van der Waals surface area contributed by atoms with E-state index >= 15 is 0 Å². The van der Waals surface area contributed by atoms with Crippen molar-refractivity contribution < 1.29 is 23.8 Å². The van der Waals surface area contributed by atoms with E-state index < -0.39 is 18.0 Å². The molecule has 0 aliphatic carbocycles. The highest BCUT2D eigenvalue weighted by molar-refractivity contribution is 7.14. The van der Waals surface area contributed by atoms with Gasteiger partial charge in [0.25, 0.3) is 5.91 Å². The summed E-state index contributed by atoms with van der Waals surface area (Å²) in [4.78, 5) is 24.6. The lowest BCUT2D eigenvalue weighted by atomic mass is 10.1. The predicted octanol–water partition coefficient (Wildman–Crippen LogP) is 3.35. The van der Waals surface area contributed by atoms with Gasteiger partial charge in [-0.15, -0.1) is 11.3 Å². The van der Waals surface area contributed by atoms with Crippen LogP contribution in [0.25, 0.3) is 0 Å². The Bertz CT molecular complexity index is 856. The molecule has 0 unspecified atom stereocenters. The summed E-state index contributed by atoms with van der Waals surface area (Å²) in [5.74, 6) is -0.539. The van der Waals surface area contributed by atoms with Gasteiger partial charge in [-0.1, -0.05) is 0 Å². The number of carbonyl (C=O) groups excluding carboxylic acids is 2. The van der Waals surface area contributed by atoms with Gasteiger partial charge in [0.1, 0.15) is 16.8 Å². The summed E-state index contributed by atoms with van der Waals surface area (Å²) in [5, 5.41) is 13.7. The minimum absolute atomic E-state index is 0.291. The Balaban J connectivity index is 2.05. The first-order chi connectivity index (χ1) is 13.0. The van der Waals surface area contributed by atoms with Gasteiger partial charge in [0.05, 0.1) is 24.8 Å². The van der Waals surface area contributed by atoms with Gasteiger partial charge in [0.15, 0.2) is 6.10 Å². The third-order valence-electron chi connectivity index (χ3n) is 3.65. The lowest BCUT2D eigenvalue weighted by molar-refractivity contribution is -0.123. The van der Waals surface area contributed by atoms with Gasteiger partial charge in [-0.3, -0.25) is 4.79 Å². The number of nitrogens with zero attached hydrogens (tertiary/aromatic N) is 1. The van der Waals surface area contributed by atoms with E-state index in [2.05, 4.69) is 5.32 Å².